The molecule has 2 heterocycles. The van der Waals surface area contributed by atoms with E-state index in [9.17, 15) is 4.79 Å². The van der Waals surface area contributed by atoms with Crippen molar-refractivity contribution in [2.75, 3.05) is 6.54 Å². The Morgan fingerprint density at radius 2 is 1.76 bits per heavy atom. The molecular weight excluding hydrogens is 366 g/mol. The fourth-order valence-corrected chi connectivity index (χ4v) is 3.64. The molecule has 1 fully saturated rings. The quantitative estimate of drug-likeness (QED) is 0.583. The molecule has 0 bridgehead atoms. The molecule has 1 aromatic heterocycles. The van der Waals surface area contributed by atoms with Crippen molar-refractivity contribution in [3.05, 3.63) is 83.5 Å². The summed E-state index contributed by atoms with van der Waals surface area (Å²) in [5, 5.41) is 4.11. The second-order valence-corrected chi connectivity index (χ2v) is 7.28. The van der Waals surface area contributed by atoms with Crippen molar-refractivity contribution in [3.8, 4) is 0 Å². The summed E-state index contributed by atoms with van der Waals surface area (Å²) < 4.78 is 11.0. The van der Waals surface area contributed by atoms with E-state index in [4.69, 9.17) is 9.26 Å². The Morgan fingerprint density at radius 1 is 1.03 bits per heavy atom. The van der Waals surface area contributed by atoms with Gasteiger partial charge >= 0.3 is 6.09 Å². The number of hydrogen-bond acceptors (Lipinski definition) is 5. The van der Waals surface area contributed by atoms with Gasteiger partial charge in [-0.05, 0) is 36.8 Å². The first kappa shape index (κ1) is 19.2. The van der Waals surface area contributed by atoms with E-state index in [1.165, 1.54) is 5.56 Å². The Hall–Kier alpha value is -3.15. The summed E-state index contributed by atoms with van der Waals surface area (Å²) in [7, 11) is 0. The molecule has 6 heteroatoms. The van der Waals surface area contributed by atoms with Crippen LogP contribution in [0.2, 0.25) is 0 Å². The second-order valence-electron chi connectivity index (χ2n) is 7.28. The van der Waals surface area contributed by atoms with Crippen LogP contribution < -0.4 is 0 Å². The molecule has 1 atom stereocenters. The molecule has 6 nitrogen and oxygen atoms in total. The topological polar surface area (TPSA) is 68.5 Å². The molecule has 4 rings (SSSR count). The average molecular weight is 391 g/mol. The number of nitrogens with zero attached hydrogens (tertiary/aromatic N) is 3. The summed E-state index contributed by atoms with van der Waals surface area (Å²) >= 11 is 0. The number of rotatable bonds is 7. The summed E-state index contributed by atoms with van der Waals surface area (Å²) in [6.45, 7) is 0.904. The lowest BCUT2D eigenvalue weighted by Crippen LogP contribution is -2.31. The number of ether oxygens (including phenoxy) is 1. The van der Waals surface area contributed by atoms with Crippen molar-refractivity contribution in [2.24, 2.45) is 0 Å². The van der Waals surface area contributed by atoms with Gasteiger partial charge in [0.05, 0.1) is 0 Å². The molecule has 0 spiro atoms. The number of hydrogen-bond donors (Lipinski definition) is 0. The van der Waals surface area contributed by atoms with Crippen LogP contribution in [0.25, 0.3) is 0 Å². The Balaban J connectivity index is 1.31. The molecule has 0 saturated carbocycles. The lowest BCUT2D eigenvalue weighted by Gasteiger charge is -2.21. The zero-order valence-electron chi connectivity index (χ0n) is 16.4. The molecule has 0 N–H and O–H groups in total. The van der Waals surface area contributed by atoms with Crippen LogP contribution in [0.3, 0.4) is 0 Å². The number of carbonyl (C=O) groups is 1. The van der Waals surface area contributed by atoms with E-state index in [0.717, 1.165) is 37.7 Å². The van der Waals surface area contributed by atoms with Crippen molar-refractivity contribution >= 4 is 6.09 Å². The van der Waals surface area contributed by atoms with Crippen molar-refractivity contribution in [1.29, 1.82) is 0 Å². The first-order valence-electron chi connectivity index (χ1n) is 10.1. The van der Waals surface area contributed by atoms with Crippen molar-refractivity contribution in [2.45, 2.75) is 44.8 Å². The molecular formula is C23H25N3O3. The van der Waals surface area contributed by atoms with Gasteiger partial charge in [0.2, 0.25) is 5.89 Å². The van der Waals surface area contributed by atoms with E-state index in [0.29, 0.717) is 18.3 Å². The maximum atomic E-state index is 12.6. The van der Waals surface area contributed by atoms with E-state index in [1.807, 2.05) is 48.5 Å². The van der Waals surface area contributed by atoms with Gasteiger partial charge in [0.1, 0.15) is 12.6 Å². The number of aromatic nitrogens is 2. The molecule has 1 saturated heterocycles. The van der Waals surface area contributed by atoms with Gasteiger partial charge in [0.15, 0.2) is 5.82 Å². The highest BCUT2D eigenvalue weighted by Crippen LogP contribution is 2.31. The first-order valence-corrected chi connectivity index (χ1v) is 10.1. The molecule has 150 valence electrons. The number of carbonyl (C=O) groups excluding carboxylic acids is 1. The summed E-state index contributed by atoms with van der Waals surface area (Å²) in [5.41, 5.74) is 2.27. The molecule has 0 radical (unpaired) electrons. The van der Waals surface area contributed by atoms with Gasteiger partial charge in [-0.2, -0.15) is 4.98 Å². The van der Waals surface area contributed by atoms with Crippen LogP contribution in [-0.2, 0) is 24.2 Å². The van der Waals surface area contributed by atoms with Gasteiger partial charge in [-0.1, -0.05) is 65.8 Å². The summed E-state index contributed by atoms with van der Waals surface area (Å²) in [5.74, 6) is 1.20. The van der Waals surface area contributed by atoms with Crippen molar-refractivity contribution < 1.29 is 14.1 Å². The monoisotopic (exact) mass is 391 g/mol. The number of aryl methyl sites for hydroxylation is 2. The van der Waals surface area contributed by atoms with Gasteiger partial charge in [0, 0.05) is 13.0 Å². The SMILES string of the molecule is O=C(OCc1ccccc1)N1CCC[C@H]1c1nc(CCCc2ccccc2)no1. The minimum atomic E-state index is -0.333. The fraction of sp³-hybridized carbons (Fsp3) is 0.348. The zero-order chi connectivity index (χ0) is 19.9. The number of likely N-dealkylation sites (tertiary alicyclic amines) is 1. The van der Waals surface area contributed by atoms with Crippen molar-refractivity contribution in [1.82, 2.24) is 15.0 Å². The molecule has 2 aromatic carbocycles. The summed E-state index contributed by atoms with van der Waals surface area (Å²) in [6.07, 6.45) is 4.06. The van der Waals surface area contributed by atoms with Gasteiger partial charge in [-0.15, -0.1) is 0 Å². The van der Waals surface area contributed by atoms with E-state index in [2.05, 4.69) is 22.3 Å². The molecule has 1 amide bonds. The van der Waals surface area contributed by atoms with Crippen LogP contribution in [0.5, 0.6) is 0 Å². The Labute approximate surface area is 170 Å². The highest BCUT2D eigenvalue weighted by atomic mass is 16.6. The molecule has 3 aromatic rings. The van der Waals surface area contributed by atoms with E-state index >= 15 is 0 Å². The van der Waals surface area contributed by atoms with Crippen LogP contribution in [0.4, 0.5) is 4.79 Å². The molecule has 0 aliphatic carbocycles. The predicted octanol–water partition coefficient (Wildman–Crippen LogP) is 4.72. The predicted molar refractivity (Wildman–Crippen MR) is 108 cm³/mol. The highest BCUT2D eigenvalue weighted by Gasteiger charge is 2.35. The minimum absolute atomic E-state index is 0.200. The molecule has 0 unspecified atom stereocenters. The van der Waals surface area contributed by atoms with Crippen LogP contribution in [0, 0.1) is 0 Å². The average Bonchev–Trinajstić information content (AvgIpc) is 3.43. The maximum absolute atomic E-state index is 12.6. The van der Waals surface area contributed by atoms with Gasteiger partial charge in [0.25, 0.3) is 0 Å². The third kappa shape index (κ3) is 5.02. The van der Waals surface area contributed by atoms with Gasteiger partial charge in [-0.3, -0.25) is 4.90 Å². The van der Waals surface area contributed by atoms with E-state index in [1.54, 1.807) is 4.90 Å². The van der Waals surface area contributed by atoms with Crippen LogP contribution in [-0.4, -0.2) is 27.7 Å². The van der Waals surface area contributed by atoms with Crippen molar-refractivity contribution in [3.63, 3.8) is 0 Å². The minimum Gasteiger partial charge on any atom is -0.445 e. The standard InChI is InChI=1S/C23H25N3O3/c27-23(28-17-19-11-5-2-6-12-19)26-16-8-14-20(26)22-24-21(25-29-22)15-7-13-18-9-3-1-4-10-18/h1-6,9-12,20H,7-8,13-17H2/t20-/m0/s1. The summed E-state index contributed by atoms with van der Waals surface area (Å²) in [6, 6.07) is 19.8. The Morgan fingerprint density at radius 3 is 2.52 bits per heavy atom. The lowest BCUT2D eigenvalue weighted by molar-refractivity contribution is 0.0865. The van der Waals surface area contributed by atoms with Crippen LogP contribution in [0.15, 0.2) is 65.2 Å². The fourth-order valence-electron chi connectivity index (χ4n) is 3.64. The Kier molecular flexibility index (Phi) is 6.19. The zero-order valence-corrected chi connectivity index (χ0v) is 16.4. The molecule has 1 aliphatic heterocycles. The van der Waals surface area contributed by atoms with Crippen LogP contribution in [0.1, 0.15) is 48.1 Å². The van der Waals surface area contributed by atoms with Gasteiger partial charge < -0.3 is 9.26 Å². The third-order valence-corrected chi connectivity index (χ3v) is 5.17. The second kappa shape index (κ2) is 9.37. The van der Waals surface area contributed by atoms with E-state index in [-0.39, 0.29) is 18.7 Å². The van der Waals surface area contributed by atoms with E-state index < -0.39 is 0 Å². The van der Waals surface area contributed by atoms with Crippen LogP contribution >= 0.6 is 0 Å². The highest BCUT2D eigenvalue weighted by molar-refractivity contribution is 5.68. The smallest absolute Gasteiger partial charge is 0.410 e. The number of amides is 1. The van der Waals surface area contributed by atoms with Gasteiger partial charge in [-0.25, -0.2) is 4.79 Å². The molecule has 29 heavy (non-hydrogen) atoms. The number of benzene rings is 2. The normalized spacial score (nSPS) is 16.1. The largest absolute Gasteiger partial charge is 0.445 e. The lowest BCUT2D eigenvalue weighted by atomic mass is 10.1. The third-order valence-electron chi connectivity index (χ3n) is 5.17. The molecule has 1 aliphatic rings. The maximum Gasteiger partial charge on any atom is 0.410 e. The Bertz CT molecular complexity index is 911. The first-order chi connectivity index (χ1) is 14.3. The summed E-state index contributed by atoms with van der Waals surface area (Å²) in [4.78, 5) is 18.8.